The highest BCUT2D eigenvalue weighted by molar-refractivity contribution is 5.97. The van der Waals surface area contributed by atoms with Crippen LogP contribution in [-0.4, -0.2) is 21.8 Å². The molecule has 2 aromatic rings. The van der Waals surface area contributed by atoms with Crippen molar-refractivity contribution in [2.24, 2.45) is 0 Å². The number of aromatic nitrogens is 1. The summed E-state index contributed by atoms with van der Waals surface area (Å²) < 4.78 is 0. The van der Waals surface area contributed by atoms with E-state index in [9.17, 15) is 19.7 Å². The Bertz CT molecular complexity index is 748. The van der Waals surface area contributed by atoms with E-state index < -0.39 is 16.9 Å². The van der Waals surface area contributed by atoms with Crippen molar-refractivity contribution in [3.8, 4) is 0 Å². The standard InChI is InChI=1S/C14H13N5O4/c1-9-2-3-11(19(22)23)8-12(9)16-14(21)18-17-13(20)10-4-6-15-7-5-10/h2-8H,1H3,(H,17,20)(H2,16,18,21). The number of nitrogens with zero attached hydrogens (tertiary/aromatic N) is 2. The predicted molar refractivity (Wildman–Crippen MR) is 81.7 cm³/mol. The highest BCUT2D eigenvalue weighted by atomic mass is 16.6. The molecule has 0 aliphatic rings. The van der Waals surface area contributed by atoms with E-state index in [0.29, 0.717) is 11.1 Å². The number of amides is 3. The molecular formula is C14H13N5O4. The Hall–Kier alpha value is -3.49. The van der Waals surface area contributed by atoms with E-state index >= 15 is 0 Å². The van der Waals surface area contributed by atoms with Crippen LogP contribution in [0.1, 0.15) is 15.9 Å². The second-order valence-electron chi connectivity index (χ2n) is 4.53. The SMILES string of the molecule is Cc1ccc([N+](=O)[O-])cc1NC(=O)NNC(=O)c1ccncc1. The van der Waals surface area contributed by atoms with Gasteiger partial charge in [0.15, 0.2) is 0 Å². The summed E-state index contributed by atoms with van der Waals surface area (Å²) in [6.07, 6.45) is 2.89. The van der Waals surface area contributed by atoms with Crippen molar-refractivity contribution in [2.45, 2.75) is 6.92 Å². The summed E-state index contributed by atoms with van der Waals surface area (Å²) in [6.45, 7) is 1.69. The number of rotatable bonds is 3. The van der Waals surface area contributed by atoms with Gasteiger partial charge in [-0.05, 0) is 24.6 Å². The number of carbonyl (C=O) groups is 2. The zero-order chi connectivity index (χ0) is 16.8. The molecule has 0 radical (unpaired) electrons. The first-order valence-corrected chi connectivity index (χ1v) is 6.50. The second-order valence-corrected chi connectivity index (χ2v) is 4.53. The Morgan fingerprint density at radius 1 is 1.13 bits per heavy atom. The largest absolute Gasteiger partial charge is 0.337 e. The third kappa shape index (κ3) is 4.24. The Kier molecular flexibility index (Phi) is 4.82. The van der Waals surface area contributed by atoms with Crippen LogP contribution in [0.3, 0.4) is 0 Å². The average Bonchev–Trinajstić information content (AvgIpc) is 2.55. The number of nitrogens with one attached hydrogen (secondary N) is 3. The van der Waals surface area contributed by atoms with Crippen LogP contribution in [0.4, 0.5) is 16.2 Å². The molecule has 0 unspecified atom stereocenters. The van der Waals surface area contributed by atoms with Crippen LogP contribution in [-0.2, 0) is 0 Å². The van der Waals surface area contributed by atoms with Gasteiger partial charge in [-0.2, -0.15) is 0 Å². The summed E-state index contributed by atoms with van der Waals surface area (Å²) in [5.41, 5.74) is 5.48. The van der Waals surface area contributed by atoms with Crippen molar-refractivity contribution in [3.05, 3.63) is 64.0 Å². The summed E-state index contributed by atoms with van der Waals surface area (Å²) in [4.78, 5) is 37.5. The minimum atomic E-state index is -0.726. The van der Waals surface area contributed by atoms with Crippen LogP contribution in [0.25, 0.3) is 0 Å². The highest BCUT2D eigenvalue weighted by Gasteiger charge is 2.12. The molecule has 0 fully saturated rings. The topological polar surface area (TPSA) is 126 Å². The Morgan fingerprint density at radius 2 is 1.83 bits per heavy atom. The van der Waals surface area contributed by atoms with E-state index in [2.05, 4.69) is 21.2 Å². The number of pyridine rings is 1. The number of hydrogen-bond acceptors (Lipinski definition) is 5. The van der Waals surface area contributed by atoms with E-state index in [0.717, 1.165) is 0 Å². The lowest BCUT2D eigenvalue weighted by Crippen LogP contribution is -2.44. The third-order valence-electron chi connectivity index (χ3n) is 2.91. The van der Waals surface area contributed by atoms with Crippen molar-refractivity contribution >= 4 is 23.3 Å². The Balaban J connectivity index is 1.96. The van der Waals surface area contributed by atoms with Gasteiger partial charge in [-0.3, -0.25) is 25.3 Å². The maximum Gasteiger partial charge on any atom is 0.337 e. The number of non-ortho nitro benzene ring substituents is 1. The van der Waals surface area contributed by atoms with Gasteiger partial charge in [-0.1, -0.05) is 6.07 Å². The van der Waals surface area contributed by atoms with E-state index in [-0.39, 0.29) is 11.4 Å². The van der Waals surface area contributed by atoms with Crippen LogP contribution >= 0.6 is 0 Å². The van der Waals surface area contributed by atoms with Gasteiger partial charge in [-0.25, -0.2) is 10.2 Å². The zero-order valence-corrected chi connectivity index (χ0v) is 12.1. The number of urea groups is 1. The number of hydrazine groups is 1. The second kappa shape index (κ2) is 6.98. The number of nitro benzene ring substituents is 1. The van der Waals surface area contributed by atoms with E-state index in [1.54, 1.807) is 6.92 Å². The molecule has 3 amide bonds. The Labute approximate surface area is 130 Å². The predicted octanol–water partition coefficient (Wildman–Crippen LogP) is 1.76. The highest BCUT2D eigenvalue weighted by Crippen LogP contribution is 2.21. The normalized spacial score (nSPS) is 9.78. The van der Waals surface area contributed by atoms with Crippen molar-refractivity contribution in [2.75, 3.05) is 5.32 Å². The first-order valence-electron chi connectivity index (χ1n) is 6.50. The maximum absolute atomic E-state index is 11.8. The number of hydrogen-bond donors (Lipinski definition) is 3. The number of nitro groups is 1. The van der Waals surface area contributed by atoms with Crippen molar-refractivity contribution in [1.82, 2.24) is 15.8 Å². The minimum Gasteiger partial charge on any atom is -0.306 e. The van der Waals surface area contributed by atoms with Gasteiger partial charge < -0.3 is 5.32 Å². The van der Waals surface area contributed by atoms with Crippen LogP contribution in [0.5, 0.6) is 0 Å². The summed E-state index contributed by atoms with van der Waals surface area (Å²) >= 11 is 0. The molecule has 1 aromatic carbocycles. The van der Waals surface area contributed by atoms with E-state index in [1.165, 1.54) is 42.7 Å². The molecule has 23 heavy (non-hydrogen) atoms. The number of carbonyl (C=O) groups excluding carboxylic acids is 2. The van der Waals surface area contributed by atoms with Gasteiger partial charge in [0.05, 0.1) is 10.6 Å². The molecule has 0 aliphatic carbocycles. The molecule has 9 nitrogen and oxygen atoms in total. The van der Waals surface area contributed by atoms with Crippen LogP contribution in [0.2, 0.25) is 0 Å². The number of benzene rings is 1. The van der Waals surface area contributed by atoms with Crippen LogP contribution in [0, 0.1) is 17.0 Å². The van der Waals surface area contributed by atoms with Crippen molar-refractivity contribution in [3.63, 3.8) is 0 Å². The number of aryl methyl sites for hydroxylation is 1. The van der Waals surface area contributed by atoms with Gasteiger partial charge >= 0.3 is 6.03 Å². The smallest absolute Gasteiger partial charge is 0.306 e. The van der Waals surface area contributed by atoms with Gasteiger partial charge in [0.1, 0.15) is 0 Å². The van der Waals surface area contributed by atoms with Gasteiger partial charge in [0.25, 0.3) is 11.6 Å². The molecule has 3 N–H and O–H groups in total. The number of anilines is 1. The molecular weight excluding hydrogens is 302 g/mol. The molecule has 0 bridgehead atoms. The lowest BCUT2D eigenvalue weighted by molar-refractivity contribution is -0.384. The van der Waals surface area contributed by atoms with Crippen molar-refractivity contribution < 1.29 is 14.5 Å². The molecule has 0 spiro atoms. The van der Waals surface area contributed by atoms with E-state index in [4.69, 9.17) is 0 Å². The Morgan fingerprint density at radius 3 is 2.48 bits per heavy atom. The first kappa shape index (κ1) is 15.9. The summed E-state index contributed by atoms with van der Waals surface area (Å²) in [7, 11) is 0. The molecule has 1 heterocycles. The summed E-state index contributed by atoms with van der Waals surface area (Å²) in [5, 5.41) is 13.2. The monoisotopic (exact) mass is 315 g/mol. The fourth-order valence-corrected chi connectivity index (χ4v) is 1.70. The molecule has 0 saturated carbocycles. The van der Waals surface area contributed by atoms with Gasteiger partial charge in [0.2, 0.25) is 0 Å². The maximum atomic E-state index is 11.8. The summed E-state index contributed by atoms with van der Waals surface area (Å²) in [6, 6.07) is 6.34. The average molecular weight is 315 g/mol. The quantitative estimate of drug-likeness (QED) is 0.587. The lowest BCUT2D eigenvalue weighted by atomic mass is 10.2. The molecule has 2 rings (SSSR count). The van der Waals surface area contributed by atoms with Gasteiger partial charge in [-0.15, -0.1) is 0 Å². The van der Waals surface area contributed by atoms with Gasteiger partial charge in [0, 0.05) is 30.1 Å². The molecule has 9 heteroatoms. The fourth-order valence-electron chi connectivity index (χ4n) is 1.70. The zero-order valence-electron chi connectivity index (χ0n) is 12.1. The fraction of sp³-hybridized carbons (Fsp3) is 0.0714. The van der Waals surface area contributed by atoms with Crippen LogP contribution in [0.15, 0.2) is 42.7 Å². The molecule has 0 saturated heterocycles. The first-order chi connectivity index (χ1) is 11.0. The minimum absolute atomic E-state index is 0.147. The van der Waals surface area contributed by atoms with E-state index in [1.807, 2.05) is 0 Å². The van der Waals surface area contributed by atoms with Crippen molar-refractivity contribution in [1.29, 1.82) is 0 Å². The van der Waals surface area contributed by atoms with Crippen LogP contribution < -0.4 is 16.2 Å². The lowest BCUT2D eigenvalue weighted by Gasteiger charge is -2.10. The molecule has 1 aromatic heterocycles. The third-order valence-corrected chi connectivity index (χ3v) is 2.91. The summed E-state index contributed by atoms with van der Waals surface area (Å²) in [5.74, 6) is -0.515. The molecule has 0 aliphatic heterocycles. The molecule has 118 valence electrons. The molecule has 0 atom stereocenters.